The average molecular weight is 635 g/mol. The fraction of sp³-hybridized carbons (Fsp3) is 0.448. The lowest BCUT2D eigenvalue weighted by atomic mass is 9.76. The third-order valence-corrected chi connectivity index (χ3v) is 8.17. The van der Waals surface area contributed by atoms with E-state index in [0.717, 1.165) is 43.0 Å². The largest absolute Gasteiger partial charge is 0.497 e. The quantitative estimate of drug-likeness (QED) is 0.114. The molecular formula is C29H29F7N2O4S. The van der Waals surface area contributed by atoms with Gasteiger partial charge in [0.2, 0.25) is 0 Å². The van der Waals surface area contributed by atoms with Gasteiger partial charge in [-0.05, 0) is 79.5 Å². The van der Waals surface area contributed by atoms with Crippen LogP contribution in [0.1, 0.15) is 56.1 Å². The van der Waals surface area contributed by atoms with Gasteiger partial charge in [-0.1, -0.05) is 12.1 Å². The number of alkyl halides is 6. The van der Waals surface area contributed by atoms with Crippen LogP contribution in [0.4, 0.5) is 30.7 Å². The van der Waals surface area contributed by atoms with Gasteiger partial charge in [0.15, 0.2) is 5.54 Å². The van der Waals surface area contributed by atoms with Gasteiger partial charge in [0.25, 0.3) is 11.8 Å². The predicted molar refractivity (Wildman–Crippen MR) is 146 cm³/mol. The van der Waals surface area contributed by atoms with Crippen molar-refractivity contribution >= 4 is 29.3 Å². The summed E-state index contributed by atoms with van der Waals surface area (Å²) < 4.78 is 110. The highest BCUT2D eigenvalue weighted by Gasteiger charge is 2.61. The van der Waals surface area contributed by atoms with Crippen LogP contribution in [-0.2, 0) is 15.1 Å². The van der Waals surface area contributed by atoms with E-state index in [4.69, 9.17) is 9.47 Å². The Morgan fingerprint density at radius 3 is 2.28 bits per heavy atom. The smallest absolute Gasteiger partial charge is 0.416 e. The summed E-state index contributed by atoms with van der Waals surface area (Å²) >= 11 is 1.09. The summed E-state index contributed by atoms with van der Waals surface area (Å²) in [6.45, 7) is -0.0700. The Kier molecular flexibility index (Phi) is 9.87. The number of amides is 2. The minimum absolute atomic E-state index is 0.0700. The van der Waals surface area contributed by atoms with Crippen LogP contribution in [0.3, 0.4) is 0 Å². The van der Waals surface area contributed by atoms with Gasteiger partial charge >= 0.3 is 12.4 Å². The van der Waals surface area contributed by atoms with Gasteiger partial charge in [-0.2, -0.15) is 26.3 Å². The number of hydrogen-bond donors (Lipinski definition) is 2. The topological polar surface area (TPSA) is 76.7 Å². The van der Waals surface area contributed by atoms with E-state index in [1.165, 1.54) is 31.4 Å². The Labute approximate surface area is 247 Å². The molecule has 0 saturated heterocycles. The lowest BCUT2D eigenvalue weighted by molar-refractivity contribution is -0.202. The van der Waals surface area contributed by atoms with Crippen molar-refractivity contribution in [3.8, 4) is 11.5 Å². The second-order valence-electron chi connectivity index (χ2n) is 10.3. The number of methoxy groups -OCH3 is 1. The minimum Gasteiger partial charge on any atom is -0.497 e. The zero-order valence-corrected chi connectivity index (χ0v) is 23.8. The fourth-order valence-corrected chi connectivity index (χ4v) is 5.40. The maximum absolute atomic E-state index is 15.4. The highest BCUT2D eigenvalue weighted by atomic mass is 32.2. The van der Waals surface area contributed by atoms with E-state index in [-0.39, 0.29) is 48.0 Å². The van der Waals surface area contributed by atoms with Crippen LogP contribution in [0.15, 0.2) is 48.0 Å². The molecule has 0 unspecified atom stereocenters. The van der Waals surface area contributed by atoms with Crippen molar-refractivity contribution in [3.05, 3.63) is 65.0 Å². The van der Waals surface area contributed by atoms with Gasteiger partial charge in [-0.3, -0.25) is 14.3 Å². The molecule has 2 aromatic carbocycles. The lowest BCUT2D eigenvalue weighted by Gasteiger charge is -2.41. The van der Waals surface area contributed by atoms with Gasteiger partial charge in [0.1, 0.15) is 22.9 Å². The Balaban J connectivity index is 1.63. The number of carbonyl (C=O) groups excluding carboxylic acids is 2. The highest BCUT2D eigenvalue weighted by Crippen LogP contribution is 2.49. The molecular weight excluding hydrogens is 605 g/mol. The first-order valence-electron chi connectivity index (χ1n) is 13.5. The molecule has 1 aliphatic carbocycles. The molecule has 2 aliphatic rings. The van der Waals surface area contributed by atoms with Crippen LogP contribution < -0.4 is 19.5 Å². The molecule has 2 amide bonds. The number of rotatable bonds is 12. The maximum atomic E-state index is 15.4. The monoisotopic (exact) mass is 634 g/mol. The minimum atomic E-state index is -5.20. The van der Waals surface area contributed by atoms with E-state index in [1.54, 1.807) is 0 Å². The summed E-state index contributed by atoms with van der Waals surface area (Å²) in [5.41, 5.74) is -4.70. The molecule has 2 N–H and O–H groups in total. The van der Waals surface area contributed by atoms with Gasteiger partial charge in [-0.25, -0.2) is 4.39 Å². The number of carbonyl (C=O) groups is 2. The van der Waals surface area contributed by atoms with Crippen LogP contribution in [0.25, 0.3) is 5.57 Å². The SMILES string of the molecule is COc1ccc(C2=C(C(=O)NSC3CC3)C(=O)N[C@@](c3ccc(OCCCCCC(F)(F)F)cc3F)(C(F)(F)F)C2)cc1. The molecule has 2 aromatic rings. The second kappa shape index (κ2) is 13.1. The zero-order chi connectivity index (χ0) is 31.4. The van der Waals surface area contributed by atoms with Crippen molar-refractivity contribution in [1.82, 2.24) is 10.0 Å². The van der Waals surface area contributed by atoms with Crippen LogP contribution in [0, 0.1) is 5.82 Å². The van der Waals surface area contributed by atoms with Gasteiger partial charge in [-0.15, -0.1) is 0 Å². The second-order valence-corrected chi connectivity index (χ2v) is 11.4. The number of benzene rings is 2. The standard InChI is InChI=1S/C29H29F7N2O4S/c1-41-18-7-5-17(6-8-18)21-16-27(29(34,35)36,37-25(39)24(21)26(40)38-43-20-10-11-20)22-12-9-19(15-23(22)30)42-14-4-2-3-13-28(31,32)33/h5-9,12,15,20H,2-4,10-11,13-14,16H2,1H3,(H,37,39)(H,38,40)/t27-/m0/s1. The number of ether oxygens (including phenoxy) is 2. The molecule has 0 bridgehead atoms. The Bertz CT molecular complexity index is 1360. The molecule has 234 valence electrons. The summed E-state index contributed by atoms with van der Waals surface area (Å²) in [7, 11) is 1.40. The summed E-state index contributed by atoms with van der Waals surface area (Å²) in [6.07, 6.45) is -9.39. The molecule has 1 heterocycles. The summed E-state index contributed by atoms with van der Waals surface area (Å²) in [6, 6.07) is 8.44. The van der Waals surface area contributed by atoms with E-state index in [0.29, 0.717) is 5.75 Å². The molecule has 1 saturated carbocycles. The van der Waals surface area contributed by atoms with E-state index in [9.17, 15) is 35.9 Å². The zero-order valence-electron chi connectivity index (χ0n) is 23.0. The number of unbranched alkanes of at least 4 members (excludes halogenated alkanes) is 2. The predicted octanol–water partition coefficient (Wildman–Crippen LogP) is 6.99. The normalized spacial score (nSPS) is 19.2. The number of hydrogen-bond acceptors (Lipinski definition) is 5. The maximum Gasteiger partial charge on any atom is 0.416 e. The van der Waals surface area contributed by atoms with Crippen LogP contribution in [-0.4, -0.2) is 43.1 Å². The molecule has 0 aromatic heterocycles. The Hall–Kier alpha value is -3.42. The number of halogens is 7. The molecule has 0 spiro atoms. The molecule has 4 rings (SSSR count). The van der Waals surface area contributed by atoms with Crippen molar-refractivity contribution in [2.75, 3.05) is 13.7 Å². The first-order chi connectivity index (χ1) is 20.2. The third kappa shape index (κ3) is 7.95. The average Bonchev–Trinajstić information content (AvgIpc) is 3.77. The van der Waals surface area contributed by atoms with E-state index in [1.807, 2.05) is 5.32 Å². The first kappa shape index (κ1) is 32.5. The Morgan fingerprint density at radius 2 is 1.70 bits per heavy atom. The van der Waals surface area contributed by atoms with E-state index in [2.05, 4.69) is 4.72 Å². The summed E-state index contributed by atoms with van der Waals surface area (Å²) in [5, 5.41) is 2.05. The van der Waals surface area contributed by atoms with Gasteiger partial charge in [0, 0.05) is 29.7 Å². The molecule has 43 heavy (non-hydrogen) atoms. The van der Waals surface area contributed by atoms with Crippen LogP contribution in [0.2, 0.25) is 0 Å². The van der Waals surface area contributed by atoms with Crippen molar-refractivity contribution in [2.24, 2.45) is 0 Å². The van der Waals surface area contributed by atoms with E-state index >= 15 is 4.39 Å². The molecule has 1 fully saturated rings. The Morgan fingerprint density at radius 1 is 1.02 bits per heavy atom. The van der Waals surface area contributed by atoms with Gasteiger partial charge in [0.05, 0.1) is 13.7 Å². The number of nitrogens with one attached hydrogen (secondary N) is 2. The summed E-state index contributed by atoms with van der Waals surface area (Å²) in [4.78, 5) is 26.4. The van der Waals surface area contributed by atoms with Crippen molar-refractivity contribution in [1.29, 1.82) is 0 Å². The molecule has 14 heteroatoms. The first-order valence-corrected chi connectivity index (χ1v) is 14.3. The lowest BCUT2D eigenvalue weighted by Crippen LogP contribution is -2.60. The van der Waals surface area contributed by atoms with Crippen molar-refractivity contribution in [3.63, 3.8) is 0 Å². The highest BCUT2D eigenvalue weighted by molar-refractivity contribution is 7.98. The fourth-order valence-electron chi connectivity index (χ4n) is 4.66. The van der Waals surface area contributed by atoms with E-state index < -0.39 is 59.5 Å². The van der Waals surface area contributed by atoms with Gasteiger partial charge < -0.3 is 14.8 Å². The molecule has 0 radical (unpaired) electrons. The van der Waals surface area contributed by atoms with Crippen LogP contribution in [0.5, 0.6) is 11.5 Å². The van der Waals surface area contributed by atoms with Crippen molar-refractivity contribution in [2.45, 2.75) is 68.1 Å². The molecule has 1 atom stereocenters. The van der Waals surface area contributed by atoms with Crippen LogP contribution >= 0.6 is 11.9 Å². The third-order valence-electron chi connectivity index (χ3n) is 7.06. The summed E-state index contributed by atoms with van der Waals surface area (Å²) in [5.74, 6) is -3.24. The molecule has 1 aliphatic heterocycles. The van der Waals surface area contributed by atoms with Crippen molar-refractivity contribution < 1.29 is 49.8 Å². The molecule has 6 nitrogen and oxygen atoms in total.